The van der Waals surface area contributed by atoms with E-state index in [2.05, 4.69) is 9.97 Å². The highest BCUT2D eigenvalue weighted by atomic mass is 35.5. The van der Waals surface area contributed by atoms with Crippen molar-refractivity contribution in [2.24, 2.45) is 0 Å². The summed E-state index contributed by atoms with van der Waals surface area (Å²) >= 11 is 6.10. The zero-order chi connectivity index (χ0) is 11.7. The summed E-state index contributed by atoms with van der Waals surface area (Å²) in [6, 6.07) is 7.42. The lowest BCUT2D eigenvalue weighted by molar-refractivity contribution is 1.13. The van der Waals surface area contributed by atoms with Crippen molar-refractivity contribution in [1.82, 2.24) is 9.97 Å². The SMILES string of the molecule is Cc1nc(N)nc(N)c1-c1ccccc1Cl. The van der Waals surface area contributed by atoms with Crippen molar-refractivity contribution in [3.05, 3.63) is 35.0 Å². The van der Waals surface area contributed by atoms with Gasteiger partial charge in [0, 0.05) is 16.1 Å². The fourth-order valence-electron chi connectivity index (χ4n) is 1.61. The molecule has 1 heterocycles. The zero-order valence-electron chi connectivity index (χ0n) is 8.74. The number of aromatic nitrogens is 2. The van der Waals surface area contributed by atoms with E-state index in [-0.39, 0.29) is 5.95 Å². The Balaban J connectivity index is 2.70. The average Bonchev–Trinajstić information content (AvgIpc) is 2.19. The highest BCUT2D eigenvalue weighted by Crippen LogP contribution is 2.32. The highest BCUT2D eigenvalue weighted by Gasteiger charge is 2.12. The number of hydrogen-bond donors (Lipinski definition) is 2. The molecule has 5 heteroatoms. The van der Waals surface area contributed by atoms with E-state index >= 15 is 0 Å². The van der Waals surface area contributed by atoms with Crippen LogP contribution in [0.1, 0.15) is 5.69 Å². The summed E-state index contributed by atoms with van der Waals surface area (Å²) in [5.41, 5.74) is 13.6. The molecule has 16 heavy (non-hydrogen) atoms. The third kappa shape index (κ3) is 1.79. The van der Waals surface area contributed by atoms with Gasteiger partial charge in [-0.05, 0) is 13.0 Å². The maximum Gasteiger partial charge on any atom is 0.222 e. The Bertz CT molecular complexity index is 516. The summed E-state index contributed by atoms with van der Waals surface area (Å²) in [6.45, 7) is 1.83. The Morgan fingerprint density at radius 1 is 1.12 bits per heavy atom. The van der Waals surface area contributed by atoms with Crippen LogP contribution in [0, 0.1) is 6.92 Å². The molecule has 0 saturated heterocycles. The molecule has 1 aromatic heterocycles. The van der Waals surface area contributed by atoms with Crippen LogP contribution in [0.5, 0.6) is 0 Å². The second kappa shape index (κ2) is 3.98. The first-order valence-corrected chi connectivity index (χ1v) is 5.12. The first kappa shape index (κ1) is 10.7. The summed E-state index contributed by atoms with van der Waals surface area (Å²) in [6.07, 6.45) is 0. The minimum Gasteiger partial charge on any atom is -0.383 e. The zero-order valence-corrected chi connectivity index (χ0v) is 9.49. The normalized spacial score (nSPS) is 10.4. The number of hydrogen-bond acceptors (Lipinski definition) is 4. The second-order valence-electron chi connectivity index (χ2n) is 3.41. The third-order valence-electron chi connectivity index (χ3n) is 2.28. The summed E-state index contributed by atoms with van der Waals surface area (Å²) in [7, 11) is 0. The predicted octanol–water partition coefficient (Wildman–Crippen LogP) is 2.27. The number of nitrogen functional groups attached to an aromatic ring is 2. The fourth-order valence-corrected chi connectivity index (χ4v) is 1.84. The molecule has 4 N–H and O–H groups in total. The molecule has 0 amide bonds. The van der Waals surface area contributed by atoms with Gasteiger partial charge >= 0.3 is 0 Å². The van der Waals surface area contributed by atoms with Crippen LogP contribution >= 0.6 is 11.6 Å². The van der Waals surface area contributed by atoms with E-state index in [4.69, 9.17) is 23.1 Å². The lowest BCUT2D eigenvalue weighted by atomic mass is 10.1. The molecule has 0 bridgehead atoms. The predicted molar refractivity (Wildman–Crippen MR) is 66.0 cm³/mol. The Kier molecular flexibility index (Phi) is 2.66. The Morgan fingerprint density at radius 2 is 1.81 bits per heavy atom. The van der Waals surface area contributed by atoms with Crippen molar-refractivity contribution in [2.75, 3.05) is 11.5 Å². The minimum absolute atomic E-state index is 0.172. The molecular weight excluding hydrogens is 224 g/mol. The van der Waals surface area contributed by atoms with Crippen molar-refractivity contribution < 1.29 is 0 Å². The van der Waals surface area contributed by atoms with Gasteiger partial charge in [-0.1, -0.05) is 29.8 Å². The molecule has 0 fully saturated rings. The van der Waals surface area contributed by atoms with E-state index in [1.807, 2.05) is 25.1 Å². The number of rotatable bonds is 1. The Hall–Kier alpha value is -1.81. The van der Waals surface area contributed by atoms with Crippen molar-refractivity contribution in [3.8, 4) is 11.1 Å². The summed E-state index contributed by atoms with van der Waals surface area (Å²) in [4.78, 5) is 8.02. The number of anilines is 2. The molecule has 0 aliphatic rings. The number of nitrogens with zero attached hydrogens (tertiary/aromatic N) is 2. The second-order valence-corrected chi connectivity index (χ2v) is 3.81. The van der Waals surface area contributed by atoms with Crippen molar-refractivity contribution in [1.29, 1.82) is 0 Å². The van der Waals surface area contributed by atoms with E-state index in [0.717, 1.165) is 16.8 Å². The van der Waals surface area contributed by atoms with Crippen LogP contribution in [-0.2, 0) is 0 Å². The fraction of sp³-hybridized carbons (Fsp3) is 0.0909. The quantitative estimate of drug-likeness (QED) is 0.794. The van der Waals surface area contributed by atoms with Gasteiger partial charge < -0.3 is 11.5 Å². The van der Waals surface area contributed by atoms with Crippen LogP contribution in [0.4, 0.5) is 11.8 Å². The van der Waals surface area contributed by atoms with Crippen LogP contribution in [0.15, 0.2) is 24.3 Å². The number of aryl methyl sites for hydroxylation is 1. The molecule has 1 aromatic carbocycles. The molecule has 0 radical (unpaired) electrons. The molecule has 82 valence electrons. The first-order valence-electron chi connectivity index (χ1n) is 4.74. The van der Waals surface area contributed by atoms with Gasteiger partial charge in [-0.15, -0.1) is 0 Å². The van der Waals surface area contributed by atoms with Crippen LogP contribution in [-0.4, -0.2) is 9.97 Å². The highest BCUT2D eigenvalue weighted by molar-refractivity contribution is 6.33. The Labute approximate surface area is 98.3 Å². The van der Waals surface area contributed by atoms with Gasteiger partial charge in [0.05, 0.1) is 5.69 Å². The standard InChI is InChI=1S/C11H11ClN4/c1-6-9(10(13)16-11(14)15-6)7-4-2-3-5-8(7)12/h2-5H,1H3,(H4,13,14,15,16). The molecule has 0 unspecified atom stereocenters. The molecule has 2 aromatic rings. The molecular formula is C11H11ClN4. The Morgan fingerprint density at radius 3 is 2.44 bits per heavy atom. The number of halogens is 1. The molecule has 0 atom stereocenters. The lowest BCUT2D eigenvalue weighted by Crippen LogP contribution is -2.04. The van der Waals surface area contributed by atoms with Gasteiger partial charge in [0.1, 0.15) is 5.82 Å². The van der Waals surface area contributed by atoms with Gasteiger partial charge in [0.25, 0.3) is 0 Å². The summed E-state index contributed by atoms with van der Waals surface area (Å²) in [5, 5.41) is 0.616. The molecule has 0 saturated carbocycles. The lowest BCUT2D eigenvalue weighted by Gasteiger charge is -2.10. The van der Waals surface area contributed by atoms with Gasteiger partial charge in [-0.25, -0.2) is 4.98 Å². The van der Waals surface area contributed by atoms with E-state index in [9.17, 15) is 0 Å². The van der Waals surface area contributed by atoms with Crippen LogP contribution in [0.3, 0.4) is 0 Å². The topological polar surface area (TPSA) is 77.8 Å². The van der Waals surface area contributed by atoms with Crippen molar-refractivity contribution in [2.45, 2.75) is 6.92 Å². The first-order chi connectivity index (χ1) is 7.59. The van der Waals surface area contributed by atoms with E-state index in [1.165, 1.54) is 0 Å². The summed E-state index contributed by atoms with van der Waals surface area (Å²) in [5.74, 6) is 0.518. The average molecular weight is 235 g/mol. The van der Waals surface area contributed by atoms with Gasteiger partial charge in [0.2, 0.25) is 5.95 Å². The van der Waals surface area contributed by atoms with Crippen molar-refractivity contribution >= 4 is 23.4 Å². The third-order valence-corrected chi connectivity index (χ3v) is 2.61. The number of benzene rings is 1. The largest absolute Gasteiger partial charge is 0.383 e. The molecule has 0 aliphatic carbocycles. The van der Waals surface area contributed by atoms with E-state index in [0.29, 0.717) is 10.8 Å². The van der Waals surface area contributed by atoms with Crippen LogP contribution < -0.4 is 11.5 Å². The molecule has 0 aliphatic heterocycles. The van der Waals surface area contributed by atoms with E-state index in [1.54, 1.807) is 6.07 Å². The van der Waals surface area contributed by atoms with E-state index < -0.39 is 0 Å². The monoisotopic (exact) mass is 234 g/mol. The van der Waals surface area contributed by atoms with Gasteiger partial charge in [-0.2, -0.15) is 4.98 Å². The molecule has 0 spiro atoms. The maximum absolute atomic E-state index is 6.10. The molecule has 2 rings (SSSR count). The smallest absolute Gasteiger partial charge is 0.222 e. The molecule has 4 nitrogen and oxygen atoms in total. The minimum atomic E-state index is 0.172. The van der Waals surface area contributed by atoms with Crippen molar-refractivity contribution in [3.63, 3.8) is 0 Å². The number of nitrogens with two attached hydrogens (primary N) is 2. The van der Waals surface area contributed by atoms with Crippen LogP contribution in [0.25, 0.3) is 11.1 Å². The maximum atomic E-state index is 6.10. The van der Waals surface area contributed by atoms with Gasteiger partial charge in [0.15, 0.2) is 0 Å². The van der Waals surface area contributed by atoms with Crippen LogP contribution in [0.2, 0.25) is 5.02 Å². The van der Waals surface area contributed by atoms with Gasteiger partial charge in [-0.3, -0.25) is 0 Å². The summed E-state index contributed by atoms with van der Waals surface area (Å²) < 4.78 is 0.